The van der Waals surface area contributed by atoms with E-state index in [2.05, 4.69) is 4.74 Å². The topological polar surface area (TPSA) is 66.8 Å². The summed E-state index contributed by atoms with van der Waals surface area (Å²) < 4.78 is 4.49. The molecule has 0 saturated carbocycles. The van der Waals surface area contributed by atoms with Crippen LogP contribution in [0.3, 0.4) is 0 Å². The van der Waals surface area contributed by atoms with Crippen LogP contribution < -0.4 is 0 Å². The third-order valence-electron chi connectivity index (χ3n) is 2.33. The summed E-state index contributed by atoms with van der Waals surface area (Å²) in [7, 11) is 1.22. The van der Waals surface area contributed by atoms with Crippen molar-refractivity contribution in [1.29, 1.82) is 0 Å². The Morgan fingerprint density at radius 2 is 1.75 bits per heavy atom. The van der Waals surface area contributed by atoms with Gasteiger partial charge in [-0.15, -0.1) is 0 Å². The molecule has 1 aromatic rings. The Hall–Kier alpha value is -1.71. The molecular formula is C12H16O4. The van der Waals surface area contributed by atoms with Gasteiger partial charge in [-0.25, -0.2) is 4.79 Å². The minimum Gasteiger partial charge on any atom is -0.508 e. The predicted molar refractivity (Wildman–Crippen MR) is 59.8 cm³/mol. The van der Waals surface area contributed by atoms with Gasteiger partial charge in [-0.1, -0.05) is 20.8 Å². The molecule has 0 heterocycles. The van der Waals surface area contributed by atoms with Crippen LogP contribution in [-0.4, -0.2) is 23.3 Å². The molecule has 0 fully saturated rings. The molecule has 4 heteroatoms. The first-order valence-electron chi connectivity index (χ1n) is 4.92. The molecule has 0 amide bonds. The molecule has 0 bridgehead atoms. The number of hydrogen-bond acceptors (Lipinski definition) is 4. The molecule has 1 aromatic carbocycles. The number of hydrogen-bond donors (Lipinski definition) is 2. The van der Waals surface area contributed by atoms with Crippen LogP contribution >= 0.6 is 0 Å². The highest BCUT2D eigenvalue weighted by Crippen LogP contribution is 2.35. The molecule has 0 aromatic heterocycles. The maximum atomic E-state index is 11.3. The second-order valence-corrected chi connectivity index (χ2v) is 4.63. The minimum atomic E-state index is -0.673. The van der Waals surface area contributed by atoms with Gasteiger partial charge in [0.15, 0.2) is 0 Å². The third kappa shape index (κ3) is 2.27. The van der Waals surface area contributed by atoms with Crippen molar-refractivity contribution in [2.45, 2.75) is 26.2 Å². The Bertz CT molecular complexity index is 416. The molecule has 88 valence electrons. The molecule has 0 atom stereocenters. The van der Waals surface area contributed by atoms with Gasteiger partial charge in [0.1, 0.15) is 17.1 Å². The molecular weight excluding hydrogens is 208 g/mol. The van der Waals surface area contributed by atoms with E-state index in [1.807, 2.05) is 20.8 Å². The molecule has 0 aliphatic carbocycles. The Morgan fingerprint density at radius 3 is 2.19 bits per heavy atom. The third-order valence-corrected chi connectivity index (χ3v) is 2.33. The number of rotatable bonds is 1. The van der Waals surface area contributed by atoms with Gasteiger partial charge in [0.25, 0.3) is 0 Å². The van der Waals surface area contributed by atoms with Crippen LogP contribution in [0.2, 0.25) is 0 Å². The van der Waals surface area contributed by atoms with Crippen LogP contribution in [0, 0.1) is 0 Å². The van der Waals surface area contributed by atoms with E-state index in [4.69, 9.17) is 0 Å². The second kappa shape index (κ2) is 4.04. The summed E-state index contributed by atoms with van der Waals surface area (Å²) in [4.78, 5) is 11.3. The lowest BCUT2D eigenvalue weighted by atomic mass is 9.85. The normalized spacial score (nSPS) is 11.2. The monoisotopic (exact) mass is 224 g/mol. The van der Waals surface area contributed by atoms with Crippen LogP contribution in [0.1, 0.15) is 36.7 Å². The number of ether oxygens (including phenoxy) is 1. The molecule has 0 aliphatic rings. The predicted octanol–water partition coefficient (Wildman–Crippen LogP) is 2.18. The zero-order chi connectivity index (χ0) is 12.5. The van der Waals surface area contributed by atoms with E-state index in [1.54, 1.807) is 0 Å². The molecule has 0 saturated heterocycles. The number of benzene rings is 1. The Labute approximate surface area is 94.5 Å². The Balaban J connectivity index is 3.33. The van der Waals surface area contributed by atoms with Crippen molar-refractivity contribution in [3.05, 3.63) is 23.3 Å². The summed E-state index contributed by atoms with van der Waals surface area (Å²) in [5, 5.41) is 19.4. The lowest BCUT2D eigenvalue weighted by Gasteiger charge is -2.21. The van der Waals surface area contributed by atoms with Crippen molar-refractivity contribution in [2.24, 2.45) is 0 Å². The van der Waals surface area contributed by atoms with Crippen molar-refractivity contribution >= 4 is 5.97 Å². The largest absolute Gasteiger partial charge is 0.508 e. The molecule has 4 nitrogen and oxygen atoms in total. The summed E-state index contributed by atoms with van der Waals surface area (Å²) >= 11 is 0. The zero-order valence-corrected chi connectivity index (χ0v) is 9.87. The minimum absolute atomic E-state index is 0.0225. The van der Waals surface area contributed by atoms with Crippen LogP contribution in [-0.2, 0) is 10.2 Å². The van der Waals surface area contributed by atoms with Gasteiger partial charge in [-0.3, -0.25) is 0 Å². The van der Waals surface area contributed by atoms with Gasteiger partial charge in [0.2, 0.25) is 0 Å². The molecule has 1 rings (SSSR count). The highest BCUT2D eigenvalue weighted by molar-refractivity contribution is 5.93. The fraction of sp³-hybridized carbons (Fsp3) is 0.417. The smallest absolute Gasteiger partial charge is 0.341 e. The molecule has 16 heavy (non-hydrogen) atoms. The number of phenols is 2. The molecule has 0 spiro atoms. The van der Waals surface area contributed by atoms with E-state index < -0.39 is 5.97 Å². The van der Waals surface area contributed by atoms with E-state index in [0.717, 1.165) is 0 Å². The van der Waals surface area contributed by atoms with E-state index in [1.165, 1.54) is 19.2 Å². The van der Waals surface area contributed by atoms with Crippen LogP contribution in [0.4, 0.5) is 0 Å². The second-order valence-electron chi connectivity index (χ2n) is 4.63. The number of methoxy groups -OCH3 is 1. The van der Waals surface area contributed by atoms with Crippen LogP contribution in [0.25, 0.3) is 0 Å². The Kier molecular flexibility index (Phi) is 3.12. The van der Waals surface area contributed by atoms with Crippen molar-refractivity contribution in [3.8, 4) is 11.5 Å². The fourth-order valence-corrected chi connectivity index (χ4v) is 1.45. The van der Waals surface area contributed by atoms with Crippen molar-refractivity contribution in [2.75, 3.05) is 7.11 Å². The van der Waals surface area contributed by atoms with E-state index >= 15 is 0 Å². The van der Waals surface area contributed by atoms with Crippen molar-refractivity contribution < 1.29 is 19.7 Å². The summed E-state index contributed by atoms with van der Waals surface area (Å²) in [5.74, 6) is -0.881. The van der Waals surface area contributed by atoms with Gasteiger partial charge >= 0.3 is 5.97 Å². The van der Waals surface area contributed by atoms with Gasteiger partial charge in [-0.2, -0.15) is 0 Å². The van der Waals surface area contributed by atoms with E-state index in [0.29, 0.717) is 5.56 Å². The van der Waals surface area contributed by atoms with Crippen molar-refractivity contribution in [3.63, 3.8) is 0 Å². The lowest BCUT2D eigenvalue weighted by Crippen LogP contribution is -2.12. The highest BCUT2D eigenvalue weighted by atomic mass is 16.5. The Morgan fingerprint density at radius 1 is 1.19 bits per heavy atom. The summed E-state index contributed by atoms with van der Waals surface area (Å²) in [6, 6.07) is 2.61. The average Bonchev–Trinajstić information content (AvgIpc) is 2.18. The first-order chi connectivity index (χ1) is 7.27. The molecule has 0 unspecified atom stereocenters. The van der Waals surface area contributed by atoms with E-state index in [-0.39, 0.29) is 22.5 Å². The molecule has 2 N–H and O–H groups in total. The van der Waals surface area contributed by atoms with Gasteiger partial charge in [0.05, 0.1) is 7.11 Å². The van der Waals surface area contributed by atoms with Crippen molar-refractivity contribution in [1.82, 2.24) is 0 Å². The number of carbonyl (C=O) groups is 1. The number of carbonyl (C=O) groups excluding carboxylic acids is 1. The molecule has 0 aliphatic heterocycles. The maximum absolute atomic E-state index is 11.3. The standard InChI is InChI=1S/C12H16O4/c1-12(2,3)8-6-9(13)7(5-10(8)14)11(15)16-4/h5-6,13-14H,1-4H3. The van der Waals surface area contributed by atoms with Gasteiger partial charge < -0.3 is 14.9 Å². The van der Waals surface area contributed by atoms with Gasteiger partial charge in [-0.05, 0) is 17.5 Å². The lowest BCUT2D eigenvalue weighted by molar-refractivity contribution is 0.0597. The highest BCUT2D eigenvalue weighted by Gasteiger charge is 2.22. The van der Waals surface area contributed by atoms with Crippen LogP contribution in [0.15, 0.2) is 12.1 Å². The zero-order valence-electron chi connectivity index (χ0n) is 9.87. The SMILES string of the molecule is COC(=O)c1cc(O)c(C(C)(C)C)cc1O. The van der Waals surface area contributed by atoms with E-state index in [9.17, 15) is 15.0 Å². The summed E-state index contributed by atoms with van der Waals surface area (Å²) in [6.07, 6.45) is 0. The molecule has 0 radical (unpaired) electrons. The quantitative estimate of drug-likeness (QED) is 0.566. The number of esters is 1. The average molecular weight is 224 g/mol. The maximum Gasteiger partial charge on any atom is 0.341 e. The first kappa shape index (κ1) is 12.4. The van der Waals surface area contributed by atoms with Crippen LogP contribution in [0.5, 0.6) is 11.5 Å². The summed E-state index contributed by atoms with van der Waals surface area (Å²) in [5.41, 5.74) is 0.238. The number of aromatic hydroxyl groups is 2. The first-order valence-corrected chi connectivity index (χ1v) is 4.92. The number of phenolic OH excluding ortho intramolecular Hbond substituents is 2. The fourth-order valence-electron chi connectivity index (χ4n) is 1.45. The summed E-state index contributed by atoms with van der Waals surface area (Å²) in [6.45, 7) is 5.71. The van der Waals surface area contributed by atoms with Gasteiger partial charge in [0, 0.05) is 5.56 Å².